The van der Waals surface area contributed by atoms with E-state index in [4.69, 9.17) is 4.43 Å². The molecule has 0 saturated heterocycles. The van der Waals surface area contributed by atoms with Gasteiger partial charge < -0.3 is 8.91 Å². The van der Waals surface area contributed by atoms with Crippen molar-refractivity contribution in [2.45, 2.75) is 136 Å². The highest BCUT2D eigenvalue weighted by atomic mass is 28.2. The van der Waals surface area contributed by atoms with E-state index in [-0.39, 0.29) is 0 Å². The fourth-order valence-electron chi connectivity index (χ4n) is 4.55. The van der Waals surface area contributed by atoms with E-state index < -0.39 is 0 Å². The average Bonchev–Trinajstić information content (AvgIpc) is 2.75. The van der Waals surface area contributed by atoms with Crippen LogP contribution in [-0.4, -0.2) is 47.5 Å². The lowest BCUT2D eigenvalue weighted by molar-refractivity contribution is -0.925. The summed E-state index contributed by atoms with van der Waals surface area (Å²) in [7, 11) is 2.52. The fraction of sp³-hybridized carbons (Fsp3) is 1.00. The van der Waals surface area contributed by atoms with E-state index in [1.54, 1.807) is 0 Å². The standard InChI is InChI=1S/C26H56NOSi/c1-5-8-9-10-11-12-13-14-15-16-17-18-19-20-21-22-24-27(6-2,7-3)25-23-26-29-28-4/h5-26H2,1-4H3/q+1. The van der Waals surface area contributed by atoms with E-state index >= 15 is 0 Å². The predicted octanol–water partition coefficient (Wildman–Crippen LogP) is 8.18. The lowest BCUT2D eigenvalue weighted by Gasteiger charge is -2.37. The van der Waals surface area contributed by atoms with Gasteiger partial charge in [0.2, 0.25) is 9.76 Å². The minimum atomic E-state index is 0.694. The Labute approximate surface area is 188 Å². The molecule has 0 unspecified atom stereocenters. The molecule has 0 amide bonds. The lowest BCUT2D eigenvalue weighted by atomic mass is 10.0. The zero-order chi connectivity index (χ0) is 21.5. The van der Waals surface area contributed by atoms with Gasteiger partial charge in [-0.15, -0.1) is 0 Å². The Hall–Kier alpha value is 0.137. The van der Waals surface area contributed by atoms with Gasteiger partial charge in [-0.25, -0.2) is 0 Å². The first kappa shape index (κ1) is 29.1. The topological polar surface area (TPSA) is 9.23 Å². The van der Waals surface area contributed by atoms with Gasteiger partial charge in [0.05, 0.1) is 26.2 Å². The molecule has 3 heteroatoms. The molecule has 0 spiro atoms. The molecule has 2 nitrogen and oxygen atoms in total. The van der Waals surface area contributed by atoms with E-state index in [1.807, 2.05) is 7.11 Å². The second-order valence-electron chi connectivity index (χ2n) is 9.18. The molecule has 0 fully saturated rings. The van der Waals surface area contributed by atoms with Crippen LogP contribution in [0.4, 0.5) is 0 Å². The maximum absolute atomic E-state index is 5.24. The smallest absolute Gasteiger partial charge is 0.229 e. The lowest BCUT2D eigenvalue weighted by Crippen LogP contribution is -2.49. The summed E-state index contributed by atoms with van der Waals surface area (Å²) in [6.45, 7) is 12.4. The Morgan fingerprint density at radius 2 is 0.897 bits per heavy atom. The molecule has 0 aromatic carbocycles. The molecule has 174 valence electrons. The summed E-state index contributed by atoms with van der Waals surface area (Å²) in [5.74, 6) is 0. The molecule has 0 rings (SSSR count). The number of rotatable bonds is 24. The van der Waals surface area contributed by atoms with E-state index in [9.17, 15) is 0 Å². The summed E-state index contributed by atoms with van der Waals surface area (Å²) < 4.78 is 6.56. The van der Waals surface area contributed by atoms with Gasteiger partial charge in [-0.2, -0.15) is 0 Å². The molecular weight excluding hydrogens is 370 g/mol. The van der Waals surface area contributed by atoms with Crippen LogP contribution in [0.25, 0.3) is 0 Å². The van der Waals surface area contributed by atoms with Crippen LogP contribution in [0.2, 0.25) is 6.04 Å². The first-order chi connectivity index (χ1) is 14.2. The minimum absolute atomic E-state index is 0.694. The zero-order valence-corrected chi connectivity index (χ0v) is 21.9. The number of quaternary nitrogens is 1. The van der Waals surface area contributed by atoms with Crippen LogP contribution in [0.5, 0.6) is 0 Å². The second-order valence-corrected chi connectivity index (χ2v) is 10.4. The number of hydrogen-bond donors (Lipinski definition) is 0. The molecule has 0 bridgehead atoms. The average molecular weight is 427 g/mol. The molecule has 0 aromatic rings. The van der Waals surface area contributed by atoms with Crippen LogP contribution in [0.1, 0.15) is 130 Å². The van der Waals surface area contributed by atoms with Crippen LogP contribution >= 0.6 is 0 Å². The summed E-state index contributed by atoms with van der Waals surface area (Å²) in [5, 5.41) is 0. The predicted molar refractivity (Wildman–Crippen MR) is 133 cm³/mol. The molecule has 0 atom stereocenters. The fourth-order valence-corrected chi connectivity index (χ4v) is 5.06. The molecule has 0 aliphatic carbocycles. The third-order valence-electron chi connectivity index (χ3n) is 6.88. The first-order valence-electron chi connectivity index (χ1n) is 13.4. The third-order valence-corrected chi connectivity index (χ3v) is 7.73. The van der Waals surface area contributed by atoms with Gasteiger partial charge in [0, 0.05) is 7.11 Å². The van der Waals surface area contributed by atoms with Gasteiger partial charge in [0.1, 0.15) is 0 Å². The third kappa shape index (κ3) is 18.6. The van der Waals surface area contributed by atoms with Crippen molar-refractivity contribution < 1.29 is 8.91 Å². The van der Waals surface area contributed by atoms with Gasteiger partial charge in [0.15, 0.2) is 0 Å². The van der Waals surface area contributed by atoms with E-state index in [2.05, 4.69) is 20.8 Å². The normalized spacial score (nSPS) is 12.0. The molecule has 2 radical (unpaired) electrons. The zero-order valence-electron chi connectivity index (χ0n) is 20.9. The summed E-state index contributed by atoms with van der Waals surface area (Å²) in [5.41, 5.74) is 0. The summed E-state index contributed by atoms with van der Waals surface area (Å²) in [6.07, 6.45) is 24.7. The molecule has 0 aliphatic rings. The number of unbranched alkanes of at least 4 members (excludes halogenated alkanes) is 15. The number of nitrogens with zero attached hydrogens (tertiary/aromatic N) is 1. The largest absolute Gasteiger partial charge is 0.421 e. The monoisotopic (exact) mass is 426 g/mol. The van der Waals surface area contributed by atoms with Crippen LogP contribution < -0.4 is 0 Å². The van der Waals surface area contributed by atoms with Crippen LogP contribution in [0.3, 0.4) is 0 Å². The maximum Gasteiger partial charge on any atom is 0.229 e. The molecule has 0 saturated carbocycles. The highest BCUT2D eigenvalue weighted by Gasteiger charge is 2.21. The summed E-state index contributed by atoms with van der Waals surface area (Å²) in [6, 6.07) is 1.25. The van der Waals surface area contributed by atoms with Gasteiger partial charge in [-0.3, -0.25) is 0 Å². The first-order valence-corrected chi connectivity index (χ1v) is 14.5. The van der Waals surface area contributed by atoms with Gasteiger partial charge in [0.25, 0.3) is 0 Å². The maximum atomic E-state index is 5.24. The summed E-state index contributed by atoms with van der Waals surface area (Å²) >= 11 is 0. The minimum Gasteiger partial charge on any atom is -0.421 e. The van der Waals surface area contributed by atoms with E-state index in [1.165, 1.54) is 146 Å². The van der Waals surface area contributed by atoms with Crippen molar-refractivity contribution in [3.8, 4) is 0 Å². The SMILES string of the molecule is CCCCCCCCCCCCCCCCCC[N+](CC)(CC)CCC[Si]OC. The van der Waals surface area contributed by atoms with Gasteiger partial charge in [-0.05, 0) is 39.2 Å². The molecule has 29 heavy (non-hydrogen) atoms. The van der Waals surface area contributed by atoms with E-state index in [0.29, 0.717) is 9.76 Å². The van der Waals surface area contributed by atoms with E-state index in [0.717, 1.165) is 0 Å². The quantitative estimate of drug-likeness (QED) is 0.0858. The van der Waals surface area contributed by atoms with Crippen LogP contribution in [0, 0.1) is 0 Å². The van der Waals surface area contributed by atoms with Gasteiger partial charge in [-0.1, -0.05) is 96.8 Å². The Bertz CT molecular complexity index is 307. The van der Waals surface area contributed by atoms with Crippen LogP contribution in [0.15, 0.2) is 0 Å². The van der Waals surface area contributed by atoms with Crippen molar-refractivity contribution in [3.05, 3.63) is 0 Å². The second kappa shape index (κ2) is 22.8. The number of hydrogen-bond acceptors (Lipinski definition) is 1. The molecule has 0 heterocycles. The summed E-state index contributed by atoms with van der Waals surface area (Å²) in [4.78, 5) is 0. The van der Waals surface area contributed by atoms with Crippen molar-refractivity contribution in [1.29, 1.82) is 0 Å². The van der Waals surface area contributed by atoms with Crippen molar-refractivity contribution >= 4 is 9.76 Å². The Balaban J connectivity index is 3.43. The molecule has 0 aliphatic heterocycles. The Morgan fingerprint density at radius 1 is 0.517 bits per heavy atom. The molecular formula is C26H56NOSi+. The highest BCUT2D eigenvalue weighted by molar-refractivity contribution is 6.26. The van der Waals surface area contributed by atoms with Crippen molar-refractivity contribution in [2.75, 3.05) is 33.3 Å². The van der Waals surface area contributed by atoms with Crippen molar-refractivity contribution in [3.63, 3.8) is 0 Å². The highest BCUT2D eigenvalue weighted by Crippen LogP contribution is 2.16. The van der Waals surface area contributed by atoms with Crippen LogP contribution in [-0.2, 0) is 4.43 Å². The Morgan fingerprint density at radius 3 is 1.28 bits per heavy atom. The van der Waals surface area contributed by atoms with Gasteiger partial charge >= 0.3 is 0 Å². The van der Waals surface area contributed by atoms with Crippen molar-refractivity contribution in [2.24, 2.45) is 0 Å². The molecule has 0 aromatic heterocycles. The molecule has 0 N–H and O–H groups in total. The van der Waals surface area contributed by atoms with Crippen molar-refractivity contribution in [1.82, 2.24) is 0 Å². The Kier molecular flexibility index (Phi) is 22.9.